The molecule has 0 atom stereocenters. The van der Waals surface area contributed by atoms with Crippen LogP contribution >= 0.6 is 0 Å². The van der Waals surface area contributed by atoms with Crippen LogP contribution in [0.15, 0.2) is 18.5 Å². The van der Waals surface area contributed by atoms with E-state index in [1.807, 2.05) is 26.0 Å². The van der Waals surface area contributed by atoms with Crippen LogP contribution in [-0.2, 0) is 0 Å². The molecule has 0 amide bonds. The van der Waals surface area contributed by atoms with Crippen LogP contribution in [0.5, 0.6) is 5.75 Å². The highest BCUT2D eigenvalue weighted by Crippen LogP contribution is 2.31. The van der Waals surface area contributed by atoms with Gasteiger partial charge in [-0.1, -0.05) is 0 Å². The first kappa shape index (κ1) is 12.4. The lowest BCUT2D eigenvalue weighted by Gasteiger charge is -2.11. The van der Waals surface area contributed by atoms with Crippen molar-refractivity contribution in [2.75, 3.05) is 12.8 Å². The maximum absolute atomic E-state index is 5.75. The van der Waals surface area contributed by atoms with E-state index in [1.165, 1.54) is 0 Å². The van der Waals surface area contributed by atoms with Gasteiger partial charge in [-0.2, -0.15) is 4.98 Å². The largest absolute Gasteiger partial charge is 0.496 e. The number of ether oxygens (including phenoxy) is 1. The Hall–Kier alpha value is -2.63. The number of nitrogen functional groups attached to an aromatic ring is 1. The molecular formula is C14H15N5O. The number of hydrogen-bond acceptors (Lipinski definition) is 5. The molecule has 3 rings (SSSR count). The summed E-state index contributed by atoms with van der Waals surface area (Å²) in [7, 11) is 1.67. The average molecular weight is 269 g/mol. The van der Waals surface area contributed by atoms with Crippen molar-refractivity contribution < 1.29 is 4.74 Å². The highest BCUT2D eigenvalue weighted by atomic mass is 16.5. The fourth-order valence-corrected chi connectivity index (χ4v) is 2.47. The number of benzene rings is 1. The van der Waals surface area contributed by atoms with Crippen LogP contribution < -0.4 is 10.5 Å². The lowest BCUT2D eigenvalue weighted by atomic mass is 10.0. The van der Waals surface area contributed by atoms with Gasteiger partial charge in [-0.25, -0.2) is 9.97 Å². The van der Waals surface area contributed by atoms with Gasteiger partial charge in [0.15, 0.2) is 5.65 Å². The number of nitrogens with one attached hydrogen (secondary N) is 1. The van der Waals surface area contributed by atoms with Gasteiger partial charge in [-0.05, 0) is 37.1 Å². The summed E-state index contributed by atoms with van der Waals surface area (Å²) in [4.78, 5) is 15.6. The monoisotopic (exact) mass is 269 g/mol. The zero-order chi connectivity index (χ0) is 14.3. The molecule has 0 aliphatic heterocycles. The third-order valence-electron chi connectivity index (χ3n) is 3.24. The van der Waals surface area contributed by atoms with Crippen molar-refractivity contribution in [2.45, 2.75) is 13.8 Å². The fraction of sp³-hybridized carbons (Fsp3) is 0.214. The van der Waals surface area contributed by atoms with Gasteiger partial charge in [-0.3, -0.25) is 0 Å². The predicted molar refractivity (Wildman–Crippen MR) is 77.6 cm³/mol. The van der Waals surface area contributed by atoms with E-state index in [0.29, 0.717) is 5.65 Å². The number of hydrogen-bond donors (Lipinski definition) is 2. The van der Waals surface area contributed by atoms with Crippen molar-refractivity contribution in [1.29, 1.82) is 0 Å². The highest BCUT2D eigenvalue weighted by Gasteiger charge is 2.13. The number of methoxy groups -OCH3 is 1. The van der Waals surface area contributed by atoms with Gasteiger partial charge < -0.3 is 15.5 Å². The molecule has 2 heterocycles. The van der Waals surface area contributed by atoms with E-state index < -0.39 is 0 Å². The van der Waals surface area contributed by atoms with Crippen LogP contribution in [-0.4, -0.2) is 27.0 Å². The van der Waals surface area contributed by atoms with Crippen molar-refractivity contribution >= 4 is 17.1 Å². The van der Waals surface area contributed by atoms with Crippen molar-refractivity contribution in [1.82, 2.24) is 19.9 Å². The third-order valence-corrected chi connectivity index (χ3v) is 3.24. The van der Waals surface area contributed by atoms with Gasteiger partial charge in [0.25, 0.3) is 0 Å². The van der Waals surface area contributed by atoms with Crippen LogP contribution in [0, 0.1) is 13.8 Å². The van der Waals surface area contributed by atoms with Gasteiger partial charge in [0.2, 0.25) is 5.95 Å². The molecule has 0 saturated heterocycles. The number of aromatic nitrogens is 4. The van der Waals surface area contributed by atoms with Crippen LogP contribution in [0.1, 0.15) is 11.1 Å². The first-order valence-corrected chi connectivity index (χ1v) is 6.22. The molecule has 0 aliphatic rings. The maximum atomic E-state index is 5.75. The Morgan fingerprint density at radius 3 is 2.50 bits per heavy atom. The second-order valence-electron chi connectivity index (χ2n) is 4.67. The second-order valence-corrected chi connectivity index (χ2v) is 4.67. The third kappa shape index (κ3) is 1.85. The summed E-state index contributed by atoms with van der Waals surface area (Å²) in [6, 6.07) is 4.04. The van der Waals surface area contributed by atoms with Crippen LogP contribution in [0.25, 0.3) is 22.4 Å². The van der Waals surface area contributed by atoms with Crippen molar-refractivity contribution in [3.63, 3.8) is 0 Å². The van der Waals surface area contributed by atoms with Gasteiger partial charge in [0.05, 0.1) is 13.4 Å². The summed E-state index contributed by atoms with van der Waals surface area (Å²) in [5, 5.41) is 0. The number of H-pyrrole nitrogens is 1. The molecular weight excluding hydrogens is 254 g/mol. The fourth-order valence-electron chi connectivity index (χ4n) is 2.47. The Labute approximate surface area is 116 Å². The van der Waals surface area contributed by atoms with Crippen molar-refractivity contribution in [3.05, 3.63) is 29.6 Å². The highest BCUT2D eigenvalue weighted by molar-refractivity contribution is 5.88. The number of aromatic amines is 1. The van der Waals surface area contributed by atoms with Gasteiger partial charge in [-0.15, -0.1) is 0 Å². The zero-order valence-corrected chi connectivity index (χ0v) is 11.6. The minimum Gasteiger partial charge on any atom is -0.496 e. The average Bonchev–Trinajstić information content (AvgIpc) is 2.85. The molecule has 0 saturated carbocycles. The number of imidazole rings is 1. The van der Waals surface area contributed by atoms with E-state index in [4.69, 9.17) is 10.5 Å². The topological polar surface area (TPSA) is 89.7 Å². The van der Waals surface area contributed by atoms with Crippen molar-refractivity contribution in [2.24, 2.45) is 0 Å². The van der Waals surface area contributed by atoms with Crippen LogP contribution in [0.2, 0.25) is 0 Å². The van der Waals surface area contributed by atoms with E-state index in [0.717, 1.165) is 33.7 Å². The molecule has 3 aromatic rings. The molecule has 0 bridgehead atoms. The molecule has 1 aromatic carbocycles. The minimum atomic E-state index is 0.214. The predicted octanol–water partition coefficient (Wildman–Crippen LogP) is 2.23. The number of fused-ring (bicyclic) bond motifs is 1. The first-order valence-electron chi connectivity index (χ1n) is 6.22. The summed E-state index contributed by atoms with van der Waals surface area (Å²) in [6.07, 6.45) is 1.59. The molecule has 0 radical (unpaired) electrons. The van der Waals surface area contributed by atoms with Crippen molar-refractivity contribution in [3.8, 4) is 17.0 Å². The SMILES string of the molecule is COc1c(C)cc(-c2nc(N)nc3nc[nH]c23)cc1C. The number of nitrogens with zero attached hydrogens (tertiary/aromatic N) is 3. The summed E-state index contributed by atoms with van der Waals surface area (Å²) >= 11 is 0. The van der Waals surface area contributed by atoms with E-state index >= 15 is 0 Å². The molecule has 0 aliphatic carbocycles. The summed E-state index contributed by atoms with van der Waals surface area (Å²) < 4.78 is 5.39. The molecule has 0 unspecified atom stereocenters. The molecule has 6 nitrogen and oxygen atoms in total. The minimum absolute atomic E-state index is 0.214. The van der Waals surface area contributed by atoms with Gasteiger partial charge >= 0.3 is 0 Å². The molecule has 6 heteroatoms. The second kappa shape index (κ2) is 4.48. The van der Waals surface area contributed by atoms with Gasteiger partial charge in [0, 0.05) is 5.56 Å². The Bertz CT molecular complexity index is 770. The molecule has 0 spiro atoms. The lowest BCUT2D eigenvalue weighted by molar-refractivity contribution is 0.408. The first-order chi connectivity index (χ1) is 9.60. The van der Waals surface area contributed by atoms with E-state index in [-0.39, 0.29) is 5.95 Å². The summed E-state index contributed by atoms with van der Waals surface area (Å²) in [5.74, 6) is 1.10. The normalized spacial score (nSPS) is 10.9. The number of nitrogens with two attached hydrogens (primary N) is 1. The molecule has 0 fully saturated rings. The lowest BCUT2D eigenvalue weighted by Crippen LogP contribution is -1.99. The summed E-state index contributed by atoms with van der Waals surface area (Å²) in [5.41, 5.74) is 10.9. The number of rotatable bonds is 2. The molecule has 3 N–H and O–H groups in total. The number of aryl methyl sites for hydroxylation is 2. The maximum Gasteiger partial charge on any atom is 0.222 e. The summed E-state index contributed by atoms with van der Waals surface area (Å²) in [6.45, 7) is 4.01. The molecule has 20 heavy (non-hydrogen) atoms. The Morgan fingerprint density at radius 2 is 1.85 bits per heavy atom. The number of anilines is 1. The Morgan fingerprint density at radius 1 is 1.15 bits per heavy atom. The Balaban J connectivity index is 2.28. The van der Waals surface area contributed by atoms with E-state index in [2.05, 4.69) is 19.9 Å². The van der Waals surface area contributed by atoms with Gasteiger partial charge in [0.1, 0.15) is 17.0 Å². The van der Waals surface area contributed by atoms with E-state index in [9.17, 15) is 0 Å². The smallest absolute Gasteiger partial charge is 0.222 e. The molecule has 102 valence electrons. The van der Waals surface area contributed by atoms with Crippen LogP contribution in [0.3, 0.4) is 0 Å². The Kier molecular flexibility index (Phi) is 2.78. The molecule has 2 aromatic heterocycles. The van der Waals surface area contributed by atoms with Crippen LogP contribution in [0.4, 0.5) is 5.95 Å². The standard InChI is InChI=1S/C14H15N5O/c1-7-4-9(5-8(2)12(7)20-3)10-11-13(17-6-16-11)19-14(15)18-10/h4-6H,1-3H3,(H3,15,16,17,18,19). The zero-order valence-electron chi connectivity index (χ0n) is 11.6. The van der Waals surface area contributed by atoms with E-state index in [1.54, 1.807) is 13.4 Å². The quantitative estimate of drug-likeness (QED) is 0.744.